The number of benzene rings is 2. The van der Waals surface area contributed by atoms with Gasteiger partial charge in [0.2, 0.25) is 11.8 Å². The van der Waals surface area contributed by atoms with Crippen molar-refractivity contribution in [1.82, 2.24) is 49.1 Å². The summed E-state index contributed by atoms with van der Waals surface area (Å²) in [5.41, 5.74) is 7.26. The van der Waals surface area contributed by atoms with Crippen molar-refractivity contribution in [3.05, 3.63) is 141 Å². The molecule has 0 saturated carbocycles. The van der Waals surface area contributed by atoms with Crippen LogP contribution in [0.2, 0.25) is 0 Å². The Hall–Kier alpha value is -6.15. The van der Waals surface area contributed by atoms with E-state index in [4.69, 9.17) is 16.1 Å². The highest BCUT2D eigenvalue weighted by Gasteiger charge is 2.12. The third-order valence-corrected chi connectivity index (χ3v) is 7.53. The molecular weight excluding hydrogens is 648 g/mol. The van der Waals surface area contributed by atoms with Crippen LogP contribution in [0.25, 0.3) is 33.5 Å². The Morgan fingerprint density at radius 2 is 1.16 bits per heavy atom. The molecule has 2 aromatic carbocycles. The van der Waals surface area contributed by atoms with E-state index in [0.717, 1.165) is 22.3 Å². The first-order chi connectivity index (χ1) is 23.7. The molecule has 0 fully saturated rings. The van der Waals surface area contributed by atoms with E-state index in [1.807, 2.05) is 74.5 Å². The number of hydrogen-bond donors (Lipinski definition) is 1. The quantitative estimate of drug-likeness (QED) is 0.235. The molecule has 0 bridgehead atoms. The number of H-pyrrole nitrogens is 1. The van der Waals surface area contributed by atoms with E-state index < -0.39 is 0 Å². The normalized spacial score (nSPS) is 10.9. The molecule has 0 aliphatic rings. The van der Waals surface area contributed by atoms with Crippen LogP contribution in [-0.4, -0.2) is 49.1 Å². The van der Waals surface area contributed by atoms with Crippen LogP contribution in [0.4, 0.5) is 0 Å². The zero-order valence-electron chi connectivity index (χ0n) is 27.0. The van der Waals surface area contributed by atoms with Crippen LogP contribution in [0.15, 0.2) is 104 Å². The fraction of sp³-hybridized carbons (Fsp3) is 0.176. The lowest BCUT2D eigenvalue weighted by molar-refractivity contribution is 0.361. The molecular formula is C34H31ClN10O4. The molecule has 0 amide bonds. The van der Waals surface area contributed by atoms with E-state index in [1.165, 1.54) is 24.6 Å². The summed E-state index contributed by atoms with van der Waals surface area (Å²) in [6, 6.07) is 23.9. The fourth-order valence-electron chi connectivity index (χ4n) is 4.79. The second-order valence-corrected chi connectivity index (χ2v) is 11.4. The van der Waals surface area contributed by atoms with Gasteiger partial charge in [0, 0.05) is 12.4 Å². The van der Waals surface area contributed by atoms with Crippen molar-refractivity contribution in [3.8, 4) is 22.3 Å². The lowest BCUT2D eigenvalue weighted by Gasteiger charge is -2.02. The molecule has 49 heavy (non-hydrogen) atoms. The minimum absolute atomic E-state index is 0.154. The van der Waals surface area contributed by atoms with Crippen LogP contribution >= 0.6 is 11.6 Å². The number of halogens is 1. The first-order valence-electron chi connectivity index (χ1n) is 15.1. The molecule has 0 unspecified atom stereocenters. The minimum atomic E-state index is -0.241. The number of aryl methyl sites for hydroxylation is 4. The SMILES string of the molecule is Cc1ccc(-c2ccc3n[nH]c(=O)n3c2)cc1.Cc1ccc(-c2ccc3nn(Cc4nc(C)no4)c(=O)n3c2)cc1.Cc1noc(CCl)n1. The number of nitrogens with zero attached hydrogens (tertiary/aromatic N) is 9. The molecule has 0 aliphatic carbocycles. The molecule has 6 aromatic heterocycles. The average molecular weight is 679 g/mol. The molecule has 6 heterocycles. The van der Waals surface area contributed by atoms with Crippen LogP contribution in [0.1, 0.15) is 34.6 Å². The summed E-state index contributed by atoms with van der Waals surface area (Å²) in [6.45, 7) is 7.72. The topological polar surface area (TPSA) is 167 Å². The van der Waals surface area contributed by atoms with Gasteiger partial charge in [-0.1, -0.05) is 70.0 Å². The highest BCUT2D eigenvalue weighted by molar-refractivity contribution is 6.16. The predicted molar refractivity (Wildman–Crippen MR) is 182 cm³/mol. The summed E-state index contributed by atoms with van der Waals surface area (Å²) >= 11 is 5.34. The second-order valence-electron chi connectivity index (χ2n) is 11.1. The van der Waals surface area contributed by atoms with Crippen LogP contribution in [-0.2, 0) is 12.4 Å². The number of hydrogen-bond acceptors (Lipinski definition) is 10. The van der Waals surface area contributed by atoms with Gasteiger partial charge in [-0.15, -0.1) is 16.7 Å². The van der Waals surface area contributed by atoms with Gasteiger partial charge in [0.25, 0.3) is 0 Å². The van der Waals surface area contributed by atoms with Crippen molar-refractivity contribution < 1.29 is 9.05 Å². The zero-order valence-corrected chi connectivity index (χ0v) is 27.8. The Balaban J connectivity index is 0.000000144. The Bertz CT molecular complexity index is 2450. The molecule has 0 spiro atoms. The maximum atomic E-state index is 12.6. The molecule has 0 atom stereocenters. The number of nitrogens with one attached hydrogen (secondary N) is 1. The average Bonchev–Trinajstić information content (AvgIpc) is 3.90. The van der Waals surface area contributed by atoms with Gasteiger partial charge in [-0.05, 0) is 74.2 Å². The maximum Gasteiger partial charge on any atom is 0.350 e. The molecule has 0 aliphatic heterocycles. The Morgan fingerprint density at radius 3 is 1.67 bits per heavy atom. The van der Waals surface area contributed by atoms with Gasteiger partial charge in [-0.3, -0.25) is 0 Å². The van der Waals surface area contributed by atoms with E-state index in [1.54, 1.807) is 26.2 Å². The van der Waals surface area contributed by atoms with E-state index in [9.17, 15) is 9.59 Å². The molecule has 14 nitrogen and oxygen atoms in total. The molecule has 8 rings (SSSR count). The number of rotatable bonds is 5. The van der Waals surface area contributed by atoms with Crippen LogP contribution in [0, 0.1) is 27.7 Å². The summed E-state index contributed by atoms with van der Waals surface area (Å²) < 4.78 is 14.0. The largest absolute Gasteiger partial charge is 0.350 e. The summed E-state index contributed by atoms with van der Waals surface area (Å²) in [6.07, 6.45) is 3.59. The lowest BCUT2D eigenvalue weighted by Crippen LogP contribution is -2.21. The molecule has 0 saturated heterocycles. The fourth-order valence-corrected chi connectivity index (χ4v) is 4.90. The number of fused-ring (bicyclic) bond motifs is 2. The monoisotopic (exact) mass is 678 g/mol. The third-order valence-electron chi connectivity index (χ3n) is 7.30. The lowest BCUT2D eigenvalue weighted by atomic mass is 10.1. The van der Waals surface area contributed by atoms with Crippen LogP contribution in [0.3, 0.4) is 0 Å². The van der Waals surface area contributed by atoms with Gasteiger partial charge < -0.3 is 9.05 Å². The Kier molecular flexibility index (Phi) is 9.57. The van der Waals surface area contributed by atoms with Gasteiger partial charge in [0.1, 0.15) is 12.4 Å². The van der Waals surface area contributed by atoms with E-state index >= 15 is 0 Å². The summed E-state index contributed by atoms with van der Waals surface area (Å²) in [7, 11) is 0. The number of alkyl halides is 1. The van der Waals surface area contributed by atoms with Gasteiger partial charge in [-0.25, -0.2) is 28.2 Å². The maximum absolute atomic E-state index is 12.6. The van der Waals surface area contributed by atoms with E-state index in [0.29, 0.717) is 40.6 Å². The summed E-state index contributed by atoms with van der Waals surface area (Å²) in [4.78, 5) is 31.9. The van der Waals surface area contributed by atoms with Crippen molar-refractivity contribution in [1.29, 1.82) is 0 Å². The smallest absolute Gasteiger partial charge is 0.338 e. The molecule has 1 N–H and O–H groups in total. The van der Waals surface area contributed by atoms with Gasteiger partial charge in [0.05, 0.1) is 0 Å². The summed E-state index contributed by atoms with van der Waals surface area (Å²) in [5, 5.41) is 17.9. The standard InChI is InChI=1S/C17H15N5O2.C13H11N3O.C4H5ClN2O/c1-11-3-5-13(6-4-11)14-7-8-15-19-22(17(23)21(15)9-14)10-16-18-12(2)20-24-16;1-9-2-4-10(5-3-9)11-6-7-12-14-15-13(17)16(12)8-11;1-3-6-4(2-5)8-7-3/h3-9H,10H2,1-2H3;2-8H,1H3,(H,15,17);2H2,1H3. The molecule has 0 radical (unpaired) electrons. The first-order valence-corrected chi connectivity index (χ1v) is 15.6. The Labute approximate surface area is 283 Å². The first kappa shape index (κ1) is 32.8. The van der Waals surface area contributed by atoms with Gasteiger partial charge in [-0.2, -0.15) is 15.1 Å². The van der Waals surface area contributed by atoms with Crippen molar-refractivity contribution in [2.24, 2.45) is 0 Å². The van der Waals surface area contributed by atoms with Gasteiger partial charge >= 0.3 is 11.4 Å². The molecule has 15 heteroatoms. The van der Waals surface area contributed by atoms with E-state index in [2.05, 4.69) is 52.2 Å². The van der Waals surface area contributed by atoms with Gasteiger partial charge in [0.15, 0.2) is 22.9 Å². The third kappa shape index (κ3) is 7.71. The van der Waals surface area contributed by atoms with Crippen LogP contribution < -0.4 is 11.4 Å². The van der Waals surface area contributed by atoms with Crippen molar-refractivity contribution in [2.75, 3.05) is 0 Å². The van der Waals surface area contributed by atoms with Crippen molar-refractivity contribution in [2.45, 2.75) is 40.1 Å². The van der Waals surface area contributed by atoms with Crippen molar-refractivity contribution in [3.63, 3.8) is 0 Å². The molecule has 248 valence electrons. The second kappa shape index (κ2) is 14.3. The number of aromatic nitrogens is 10. The predicted octanol–water partition coefficient (Wildman–Crippen LogP) is 5.33. The highest BCUT2D eigenvalue weighted by atomic mass is 35.5. The highest BCUT2D eigenvalue weighted by Crippen LogP contribution is 2.20. The van der Waals surface area contributed by atoms with E-state index in [-0.39, 0.29) is 17.9 Å². The van der Waals surface area contributed by atoms with Crippen LogP contribution in [0.5, 0.6) is 0 Å². The molecule has 8 aromatic rings. The summed E-state index contributed by atoms with van der Waals surface area (Å²) in [5.74, 6) is 2.28. The Morgan fingerprint density at radius 1 is 0.653 bits per heavy atom. The number of aromatic amines is 1. The minimum Gasteiger partial charge on any atom is -0.338 e. The number of pyridine rings is 2. The zero-order chi connectivity index (χ0) is 34.5. The van der Waals surface area contributed by atoms with Crippen molar-refractivity contribution >= 4 is 22.9 Å².